The van der Waals surface area contributed by atoms with E-state index in [2.05, 4.69) is 15.9 Å². The molecule has 1 amide bonds. The molecule has 1 N–H and O–H groups in total. The molecule has 1 fully saturated rings. The molecule has 1 aromatic rings. The summed E-state index contributed by atoms with van der Waals surface area (Å²) in [4.78, 5) is 14.0. The van der Waals surface area contributed by atoms with Crippen LogP contribution < -0.4 is 4.74 Å². The Hall–Kier alpha value is -1.07. The molecule has 1 aliphatic rings. The predicted molar refractivity (Wildman–Crippen MR) is 76.2 cm³/mol. The molecule has 5 heteroatoms. The van der Waals surface area contributed by atoms with E-state index in [1.807, 2.05) is 23.1 Å². The van der Waals surface area contributed by atoms with Gasteiger partial charge in [0.15, 0.2) is 0 Å². The normalized spacial score (nSPS) is 18.7. The van der Waals surface area contributed by atoms with E-state index in [1.54, 1.807) is 7.11 Å². The number of likely N-dealkylation sites (tertiary alicyclic amines) is 1. The minimum absolute atomic E-state index is 0.0901. The largest absolute Gasteiger partial charge is 0.496 e. The Bertz CT molecular complexity index is 464. The number of nitrogens with zero attached hydrogens (tertiary/aromatic N) is 1. The molecule has 0 saturated carbocycles. The van der Waals surface area contributed by atoms with E-state index < -0.39 is 0 Å². The van der Waals surface area contributed by atoms with E-state index >= 15 is 0 Å². The number of halogens is 1. The Balaban J connectivity index is 2.05. The first-order valence-electron chi connectivity index (χ1n) is 6.35. The van der Waals surface area contributed by atoms with Crippen molar-refractivity contribution in [1.29, 1.82) is 0 Å². The smallest absolute Gasteiger partial charge is 0.227 e. The van der Waals surface area contributed by atoms with Crippen LogP contribution in [0.1, 0.15) is 12.0 Å². The molecule has 0 aromatic heterocycles. The average molecular weight is 328 g/mol. The summed E-state index contributed by atoms with van der Waals surface area (Å²) in [5.74, 6) is 1.05. The fraction of sp³-hybridized carbons (Fsp3) is 0.500. The lowest BCUT2D eigenvalue weighted by Gasteiger charge is -2.17. The van der Waals surface area contributed by atoms with E-state index in [0.29, 0.717) is 13.0 Å². The van der Waals surface area contributed by atoms with Crippen LogP contribution in [0.5, 0.6) is 5.75 Å². The lowest BCUT2D eigenvalue weighted by Crippen LogP contribution is -2.30. The van der Waals surface area contributed by atoms with Gasteiger partial charge in [-0.2, -0.15) is 0 Å². The summed E-state index contributed by atoms with van der Waals surface area (Å²) in [6, 6.07) is 5.66. The Morgan fingerprint density at radius 2 is 2.37 bits per heavy atom. The van der Waals surface area contributed by atoms with Crippen LogP contribution in [0.2, 0.25) is 0 Å². The van der Waals surface area contributed by atoms with Crippen LogP contribution in [0.25, 0.3) is 0 Å². The van der Waals surface area contributed by atoms with Crippen LogP contribution >= 0.6 is 15.9 Å². The monoisotopic (exact) mass is 327 g/mol. The standard InChI is InChI=1S/C14H18BrNO3/c1-19-13-3-2-12(15)6-11(13)7-14(18)16-5-4-10(8-16)9-17/h2-3,6,10,17H,4-5,7-9H2,1H3. The van der Waals surface area contributed by atoms with Gasteiger partial charge in [0.2, 0.25) is 5.91 Å². The third-order valence-electron chi connectivity index (χ3n) is 3.48. The summed E-state index contributed by atoms with van der Waals surface area (Å²) in [7, 11) is 1.61. The van der Waals surface area contributed by atoms with Crippen LogP contribution in [0.4, 0.5) is 0 Å². The highest BCUT2D eigenvalue weighted by Gasteiger charge is 2.26. The first-order chi connectivity index (χ1) is 9.13. The van der Waals surface area contributed by atoms with Crippen LogP contribution in [-0.4, -0.2) is 42.7 Å². The van der Waals surface area contributed by atoms with Crippen LogP contribution in [0, 0.1) is 5.92 Å². The molecule has 1 unspecified atom stereocenters. The van der Waals surface area contributed by atoms with Crippen molar-refractivity contribution in [2.24, 2.45) is 5.92 Å². The lowest BCUT2D eigenvalue weighted by molar-refractivity contribution is -0.129. The van der Waals surface area contributed by atoms with Crippen molar-refractivity contribution >= 4 is 21.8 Å². The van der Waals surface area contributed by atoms with Gasteiger partial charge in [0.25, 0.3) is 0 Å². The lowest BCUT2D eigenvalue weighted by atomic mass is 10.1. The number of carbonyl (C=O) groups is 1. The van der Waals surface area contributed by atoms with Gasteiger partial charge in [-0.3, -0.25) is 4.79 Å². The number of aliphatic hydroxyl groups is 1. The Morgan fingerprint density at radius 3 is 3.00 bits per heavy atom. The summed E-state index contributed by atoms with van der Waals surface area (Å²) < 4.78 is 6.21. The zero-order chi connectivity index (χ0) is 13.8. The molecule has 1 atom stereocenters. The zero-order valence-electron chi connectivity index (χ0n) is 10.9. The molecule has 0 bridgehead atoms. The molecule has 1 saturated heterocycles. The zero-order valence-corrected chi connectivity index (χ0v) is 12.5. The summed E-state index contributed by atoms with van der Waals surface area (Å²) in [6.07, 6.45) is 1.22. The first-order valence-corrected chi connectivity index (χ1v) is 7.14. The highest BCUT2D eigenvalue weighted by molar-refractivity contribution is 9.10. The topological polar surface area (TPSA) is 49.8 Å². The van der Waals surface area contributed by atoms with Gasteiger partial charge in [0.05, 0.1) is 13.5 Å². The van der Waals surface area contributed by atoms with Crippen molar-refractivity contribution in [1.82, 2.24) is 4.90 Å². The second-order valence-electron chi connectivity index (χ2n) is 4.81. The Kier molecular flexibility index (Phi) is 4.82. The van der Waals surface area contributed by atoms with Gasteiger partial charge in [-0.15, -0.1) is 0 Å². The van der Waals surface area contributed by atoms with E-state index in [4.69, 9.17) is 9.84 Å². The number of hydrogen-bond donors (Lipinski definition) is 1. The maximum atomic E-state index is 12.2. The highest BCUT2D eigenvalue weighted by atomic mass is 79.9. The number of amides is 1. The van der Waals surface area contributed by atoms with Crippen molar-refractivity contribution in [3.63, 3.8) is 0 Å². The second kappa shape index (κ2) is 6.39. The maximum absolute atomic E-state index is 12.2. The van der Waals surface area contributed by atoms with E-state index in [0.717, 1.165) is 28.8 Å². The molecule has 1 aromatic carbocycles. The predicted octanol–water partition coefficient (Wildman–Crippen LogP) is 1.84. The number of carbonyl (C=O) groups excluding carboxylic acids is 1. The fourth-order valence-corrected chi connectivity index (χ4v) is 2.78. The number of benzene rings is 1. The van der Waals surface area contributed by atoms with Crippen LogP contribution in [0.3, 0.4) is 0 Å². The molecule has 104 valence electrons. The molecular formula is C14H18BrNO3. The maximum Gasteiger partial charge on any atom is 0.227 e. The highest BCUT2D eigenvalue weighted by Crippen LogP contribution is 2.25. The van der Waals surface area contributed by atoms with Gasteiger partial charge in [0, 0.05) is 35.7 Å². The van der Waals surface area contributed by atoms with Gasteiger partial charge in [-0.05, 0) is 24.6 Å². The van der Waals surface area contributed by atoms with Crippen molar-refractivity contribution in [2.45, 2.75) is 12.8 Å². The summed E-state index contributed by atoms with van der Waals surface area (Å²) in [5, 5.41) is 9.11. The number of rotatable bonds is 4. The quantitative estimate of drug-likeness (QED) is 0.918. The number of aliphatic hydroxyl groups excluding tert-OH is 1. The number of ether oxygens (including phenoxy) is 1. The minimum Gasteiger partial charge on any atom is -0.496 e. The molecular weight excluding hydrogens is 310 g/mol. The summed E-state index contributed by atoms with van der Waals surface area (Å²) in [6.45, 7) is 1.55. The molecule has 1 heterocycles. The van der Waals surface area contributed by atoms with Crippen molar-refractivity contribution in [2.75, 3.05) is 26.8 Å². The molecule has 1 aliphatic heterocycles. The number of hydrogen-bond acceptors (Lipinski definition) is 3. The summed E-state index contributed by atoms with van der Waals surface area (Å²) >= 11 is 3.41. The fourth-order valence-electron chi connectivity index (χ4n) is 2.37. The average Bonchev–Trinajstić information content (AvgIpc) is 2.88. The molecule has 0 aliphatic carbocycles. The minimum atomic E-state index is 0.0901. The van der Waals surface area contributed by atoms with E-state index in [9.17, 15) is 4.79 Å². The Morgan fingerprint density at radius 1 is 1.58 bits per heavy atom. The van der Waals surface area contributed by atoms with Gasteiger partial charge < -0.3 is 14.7 Å². The van der Waals surface area contributed by atoms with Crippen molar-refractivity contribution < 1.29 is 14.6 Å². The van der Waals surface area contributed by atoms with Crippen molar-refractivity contribution in [3.05, 3.63) is 28.2 Å². The molecule has 4 nitrogen and oxygen atoms in total. The van der Waals surface area contributed by atoms with Gasteiger partial charge in [0.1, 0.15) is 5.75 Å². The van der Waals surface area contributed by atoms with E-state index in [1.165, 1.54) is 0 Å². The number of methoxy groups -OCH3 is 1. The Labute approximate surface area is 121 Å². The second-order valence-corrected chi connectivity index (χ2v) is 5.73. The molecule has 0 spiro atoms. The molecule has 0 radical (unpaired) electrons. The van der Waals surface area contributed by atoms with Gasteiger partial charge >= 0.3 is 0 Å². The van der Waals surface area contributed by atoms with Gasteiger partial charge in [-0.25, -0.2) is 0 Å². The van der Waals surface area contributed by atoms with Crippen molar-refractivity contribution in [3.8, 4) is 5.75 Å². The van der Waals surface area contributed by atoms with Gasteiger partial charge in [-0.1, -0.05) is 15.9 Å². The van der Waals surface area contributed by atoms with Crippen LogP contribution in [-0.2, 0) is 11.2 Å². The first kappa shape index (κ1) is 14.3. The third kappa shape index (κ3) is 3.48. The SMILES string of the molecule is COc1ccc(Br)cc1CC(=O)N1CCC(CO)C1. The van der Waals surface area contributed by atoms with E-state index in [-0.39, 0.29) is 18.4 Å². The summed E-state index contributed by atoms with van der Waals surface area (Å²) in [5.41, 5.74) is 0.884. The van der Waals surface area contributed by atoms with Crippen LogP contribution in [0.15, 0.2) is 22.7 Å². The molecule has 2 rings (SSSR count). The third-order valence-corrected chi connectivity index (χ3v) is 3.97. The molecule has 19 heavy (non-hydrogen) atoms.